The quantitative estimate of drug-likeness (QED) is 0.784. The molecule has 1 unspecified atom stereocenters. The van der Waals surface area contributed by atoms with Crippen molar-refractivity contribution in [1.82, 2.24) is 19.4 Å². The number of imidazole rings is 1. The van der Waals surface area contributed by atoms with Gasteiger partial charge in [-0.1, -0.05) is 11.8 Å². The van der Waals surface area contributed by atoms with Crippen LogP contribution in [0.15, 0.2) is 21.9 Å². The number of hydrogen-bond donors (Lipinski definition) is 1. The van der Waals surface area contributed by atoms with E-state index in [1.807, 2.05) is 24.7 Å². The second-order valence-electron chi connectivity index (χ2n) is 5.00. The molecule has 21 heavy (non-hydrogen) atoms. The first-order valence-electron chi connectivity index (χ1n) is 6.41. The zero-order valence-corrected chi connectivity index (χ0v) is 14.5. The van der Waals surface area contributed by atoms with Crippen LogP contribution in [-0.2, 0) is 11.3 Å². The third-order valence-corrected chi connectivity index (χ3v) is 4.56. The molecule has 1 N–H and O–H groups in total. The Morgan fingerprint density at radius 2 is 2.29 bits per heavy atom. The van der Waals surface area contributed by atoms with E-state index in [1.54, 1.807) is 6.20 Å². The van der Waals surface area contributed by atoms with Crippen molar-refractivity contribution >= 4 is 44.8 Å². The Morgan fingerprint density at radius 1 is 1.57 bits per heavy atom. The molecule has 1 atom stereocenters. The van der Waals surface area contributed by atoms with Gasteiger partial charge in [0.1, 0.15) is 5.52 Å². The minimum absolute atomic E-state index is 0.0131. The highest BCUT2D eigenvalue weighted by molar-refractivity contribution is 9.10. The topological polar surface area (TPSA) is 71.2 Å². The van der Waals surface area contributed by atoms with E-state index in [0.717, 1.165) is 15.6 Å². The van der Waals surface area contributed by atoms with Gasteiger partial charge in [-0.15, -0.1) is 0 Å². The fourth-order valence-electron chi connectivity index (χ4n) is 1.79. The Hall–Kier alpha value is -1.12. The lowest BCUT2D eigenvalue weighted by molar-refractivity contribution is -0.133. The third-order valence-electron chi connectivity index (χ3n) is 3.17. The SMILES string of the molecule is CC(Cn1c(SCC(=O)O)nc2cc(Br)cnc21)N(C)C. The molecule has 0 spiro atoms. The maximum atomic E-state index is 10.8. The Bertz CT molecular complexity index is 659. The van der Waals surface area contributed by atoms with Crippen molar-refractivity contribution in [3.8, 4) is 0 Å². The summed E-state index contributed by atoms with van der Waals surface area (Å²) in [6.45, 7) is 2.82. The summed E-state index contributed by atoms with van der Waals surface area (Å²) in [5, 5.41) is 9.55. The van der Waals surface area contributed by atoms with Gasteiger partial charge in [-0.25, -0.2) is 9.97 Å². The lowest BCUT2D eigenvalue weighted by Gasteiger charge is -2.21. The van der Waals surface area contributed by atoms with Crippen LogP contribution in [0, 0.1) is 0 Å². The normalized spacial score (nSPS) is 13.0. The van der Waals surface area contributed by atoms with E-state index in [4.69, 9.17) is 5.11 Å². The van der Waals surface area contributed by atoms with Crippen molar-refractivity contribution in [3.05, 3.63) is 16.7 Å². The van der Waals surface area contributed by atoms with Crippen LogP contribution in [0.4, 0.5) is 0 Å². The van der Waals surface area contributed by atoms with Crippen molar-refractivity contribution < 1.29 is 9.90 Å². The number of thioether (sulfide) groups is 1. The molecule has 2 rings (SSSR count). The van der Waals surface area contributed by atoms with Crippen molar-refractivity contribution in [2.24, 2.45) is 0 Å². The van der Waals surface area contributed by atoms with Crippen LogP contribution >= 0.6 is 27.7 Å². The summed E-state index contributed by atoms with van der Waals surface area (Å²) in [5.74, 6) is -0.866. The summed E-state index contributed by atoms with van der Waals surface area (Å²) in [6.07, 6.45) is 1.73. The van der Waals surface area contributed by atoms with E-state index in [2.05, 4.69) is 37.7 Å². The Morgan fingerprint density at radius 3 is 2.90 bits per heavy atom. The maximum Gasteiger partial charge on any atom is 0.313 e. The summed E-state index contributed by atoms with van der Waals surface area (Å²) in [7, 11) is 4.02. The van der Waals surface area contributed by atoms with Gasteiger partial charge in [0.25, 0.3) is 0 Å². The van der Waals surface area contributed by atoms with E-state index in [-0.39, 0.29) is 11.8 Å². The van der Waals surface area contributed by atoms with Gasteiger partial charge < -0.3 is 14.6 Å². The van der Waals surface area contributed by atoms with Crippen LogP contribution in [0.5, 0.6) is 0 Å². The summed E-state index contributed by atoms with van der Waals surface area (Å²) in [5.41, 5.74) is 1.54. The lowest BCUT2D eigenvalue weighted by atomic mass is 10.3. The Labute approximate surface area is 135 Å². The molecule has 0 saturated heterocycles. The summed E-state index contributed by atoms with van der Waals surface area (Å²) in [4.78, 5) is 21.8. The number of fused-ring (bicyclic) bond motifs is 1. The van der Waals surface area contributed by atoms with Crippen molar-refractivity contribution in [3.63, 3.8) is 0 Å². The number of aliphatic carboxylic acids is 1. The zero-order valence-electron chi connectivity index (χ0n) is 12.1. The molecule has 2 aromatic heterocycles. The first-order chi connectivity index (χ1) is 9.88. The van der Waals surface area contributed by atoms with Gasteiger partial charge in [-0.2, -0.15) is 0 Å². The third kappa shape index (κ3) is 3.96. The van der Waals surface area contributed by atoms with Crippen molar-refractivity contribution in [2.75, 3.05) is 19.8 Å². The van der Waals surface area contributed by atoms with Gasteiger partial charge in [0, 0.05) is 23.3 Å². The predicted molar refractivity (Wildman–Crippen MR) is 86.7 cm³/mol. The zero-order chi connectivity index (χ0) is 15.6. The molecule has 2 heterocycles. The number of rotatable bonds is 6. The molecule has 6 nitrogen and oxygen atoms in total. The predicted octanol–water partition coefficient (Wildman–Crippen LogP) is 2.32. The first kappa shape index (κ1) is 16.3. The fourth-order valence-corrected chi connectivity index (χ4v) is 2.85. The smallest absolute Gasteiger partial charge is 0.313 e. The van der Waals surface area contributed by atoms with Gasteiger partial charge >= 0.3 is 5.97 Å². The van der Waals surface area contributed by atoms with Crippen LogP contribution in [0.2, 0.25) is 0 Å². The highest BCUT2D eigenvalue weighted by Gasteiger charge is 2.17. The molecular formula is C13H17BrN4O2S. The number of carboxylic acid groups (broad SMARTS) is 1. The molecule has 0 aliphatic rings. The van der Waals surface area contributed by atoms with E-state index < -0.39 is 5.97 Å². The van der Waals surface area contributed by atoms with Gasteiger partial charge in [0.05, 0.1) is 5.75 Å². The minimum atomic E-state index is -0.853. The van der Waals surface area contributed by atoms with Crippen LogP contribution in [0.25, 0.3) is 11.2 Å². The molecule has 8 heteroatoms. The molecule has 0 radical (unpaired) electrons. The fraction of sp³-hybridized carbons (Fsp3) is 0.462. The summed E-state index contributed by atoms with van der Waals surface area (Å²) in [6, 6.07) is 2.18. The van der Waals surface area contributed by atoms with E-state index in [1.165, 1.54) is 11.8 Å². The number of halogens is 1. The second kappa shape index (κ2) is 6.76. The first-order valence-corrected chi connectivity index (χ1v) is 8.19. The molecule has 0 aliphatic carbocycles. The monoisotopic (exact) mass is 372 g/mol. The van der Waals surface area contributed by atoms with E-state index in [0.29, 0.717) is 11.7 Å². The molecule has 0 aliphatic heterocycles. The maximum absolute atomic E-state index is 10.8. The molecule has 114 valence electrons. The minimum Gasteiger partial charge on any atom is -0.481 e. The van der Waals surface area contributed by atoms with Crippen LogP contribution in [0.1, 0.15) is 6.92 Å². The molecule has 0 aromatic carbocycles. The number of aromatic nitrogens is 3. The Balaban J connectivity index is 2.41. The number of nitrogens with zero attached hydrogens (tertiary/aromatic N) is 4. The number of carboxylic acids is 1. The molecule has 0 saturated carbocycles. The number of hydrogen-bond acceptors (Lipinski definition) is 5. The van der Waals surface area contributed by atoms with Crippen LogP contribution < -0.4 is 0 Å². The molecule has 0 amide bonds. The van der Waals surface area contributed by atoms with E-state index >= 15 is 0 Å². The average molecular weight is 373 g/mol. The average Bonchev–Trinajstić information content (AvgIpc) is 2.73. The molecular weight excluding hydrogens is 356 g/mol. The van der Waals surface area contributed by atoms with Gasteiger partial charge in [-0.05, 0) is 43.0 Å². The molecule has 0 bridgehead atoms. The lowest BCUT2D eigenvalue weighted by Crippen LogP contribution is -2.29. The van der Waals surface area contributed by atoms with Gasteiger partial charge in [0.2, 0.25) is 0 Å². The highest BCUT2D eigenvalue weighted by atomic mass is 79.9. The van der Waals surface area contributed by atoms with Crippen LogP contribution in [0.3, 0.4) is 0 Å². The standard InChI is InChI=1S/C13H17BrN4O2S/c1-8(17(2)3)6-18-12-10(4-9(14)5-15-12)16-13(18)21-7-11(19)20/h4-5,8H,6-7H2,1-3H3,(H,19,20). The van der Waals surface area contributed by atoms with Crippen molar-refractivity contribution in [2.45, 2.75) is 24.7 Å². The number of likely N-dealkylation sites (N-methyl/N-ethyl adjacent to an activating group) is 1. The van der Waals surface area contributed by atoms with Gasteiger partial charge in [0.15, 0.2) is 10.8 Å². The number of pyridine rings is 1. The highest BCUT2D eigenvalue weighted by Crippen LogP contribution is 2.25. The molecule has 0 fully saturated rings. The summed E-state index contributed by atoms with van der Waals surface area (Å²) < 4.78 is 2.84. The largest absolute Gasteiger partial charge is 0.481 e. The molecule has 2 aromatic rings. The van der Waals surface area contributed by atoms with E-state index in [9.17, 15) is 4.79 Å². The van der Waals surface area contributed by atoms with Crippen LogP contribution in [-0.4, -0.2) is 56.4 Å². The van der Waals surface area contributed by atoms with Crippen molar-refractivity contribution in [1.29, 1.82) is 0 Å². The Kier molecular flexibility index (Phi) is 5.23. The summed E-state index contributed by atoms with van der Waals surface area (Å²) >= 11 is 4.60. The van der Waals surface area contributed by atoms with Gasteiger partial charge in [-0.3, -0.25) is 4.79 Å². The second-order valence-corrected chi connectivity index (χ2v) is 6.85. The number of carbonyl (C=O) groups is 1.